The van der Waals surface area contributed by atoms with Gasteiger partial charge in [-0.15, -0.1) is 0 Å². The van der Waals surface area contributed by atoms with Gasteiger partial charge < -0.3 is 14.8 Å². The highest BCUT2D eigenvalue weighted by Gasteiger charge is 2.29. The van der Waals surface area contributed by atoms with Crippen LogP contribution in [-0.2, 0) is 11.4 Å². The van der Waals surface area contributed by atoms with Gasteiger partial charge in [-0.05, 0) is 58.7 Å². The van der Waals surface area contributed by atoms with Crippen LogP contribution in [0.2, 0.25) is 0 Å². The molecule has 1 fully saturated rings. The van der Waals surface area contributed by atoms with Gasteiger partial charge in [0.1, 0.15) is 12.3 Å². The molecule has 1 saturated heterocycles. The van der Waals surface area contributed by atoms with Crippen molar-refractivity contribution in [2.45, 2.75) is 20.0 Å². The summed E-state index contributed by atoms with van der Waals surface area (Å²) in [5.41, 5.74) is 2.40. The highest BCUT2D eigenvalue weighted by molar-refractivity contribution is 7.80. The van der Waals surface area contributed by atoms with Crippen LogP contribution in [-0.4, -0.2) is 29.6 Å². The largest absolute Gasteiger partial charge is 0.493 e. The molecule has 0 radical (unpaired) electrons. The molecule has 0 unspecified atom stereocenters. The van der Waals surface area contributed by atoms with Crippen LogP contribution in [0.3, 0.4) is 0 Å². The number of nitrogens with one attached hydrogen (secondary N) is 1. The Kier molecular flexibility index (Phi) is 6.18. The number of amides is 1. The van der Waals surface area contributed by atoms with Gasteiger partial charge in [0.15, 0.2) is 16.6 Å². The van der Waals surface area contributed by atoms with Gasteiger partial charge in [-0.25, -0.2) is 0 Å². The number of ether oxygens (including phenoxy) is 2. The van der Waals surface area contributed by atoms with E-state index in [4.69, 9.17) is 21.7 Å². The lowest BCUT2D eigenvalue weighted by atomic mass is 10.1. The molecule has 4 rings (SSSR count). The second kappa shape index (κ2) is 9.18. The smallest absolute Gasteiger partial charge is 0.276 e. The summed E-state index contributed by atoms with van der Waals surface area (Å²) >= 11 is 5.27. The molecule has 0 bridgehead atoms. The van der Waals surface area contributed by atoms with E-state index in [1.165, 1.54) is 10.8 Å². The second-order valence-corrected chi connectivity index (χ2v) is 7.67. The molecule has 1 amide bonds. The van der Waals surface area contributed by atoms with E-state index in [0.29, 0.717) is 35.5 Å². The monoisotopic (exact) mass is 432 g/mol. The van der Waals surface area contributed by atoms with Gasteiger partial charge in [0, 0.05) is 6.54 Å². The normalized spacial score (nSPS) is 14.9. The summed E-state index contributed by atoms with van der Waals surface area (Å²) in [6.07, 6.45) is 2.62. The van der Waals surface area contributed by atoms with Crippen LogP contribution in [0.1, 0.15) is 24.5 Å². The summed E-state index contributed by atoms with van der Waals surface area (Å²) in [5, 5.41) is 5.80. The average molecular weight is 433 g/mol. The van der Waals surface area contributed by atoms with Crippen molar-refractivity contribution in [2.24, 2.45) is 0 Å². The zero-order valence-electron chi connectivity index (χ0n) is 17.6. The van der Waals surface area contributed by atoms with Crippen molar-refractivity contribution in [3.8, 4) is 11.5 Å². The van der Waals surface area contributed by atoms with E-state index in [1.807, 2.05) is 43.3 Å². The number of nitrogens with zero attached hydrogens (tertiary/aromatic N) is 1. The van der Waals surface area contributed by atoms with Crippen molar-refractivity contribution < 1.29 is 14.3 Å². The first-order chi connectivity index (χ1) is 15.1. The van der Waals surface area contributed by atoms with Crippen molar-refractivity contribution in [1.82, 2.24) is 10.2 Å². The number of benzene rings is 3. The zero-order chi connectivity index (χ0) is 21.8. The third-order valence-corrected chi connectivity index (χ3v) is 5.49. The Hall–Kier alpha value is -3.38. The third-order valence-electron chi connectivity index (χ3n) is 5.17. The summed E-state index contributed by atoms with van der Waals surface area (Å²) < 4.78 is 11.6. The first-order valence-corrected chi connectivity index (χ1v) is 10.6. The summed E-state index contributed by atoms with van der Waals surface area (Å²) in [6.45, 7) is 3.05. The quantitative estimate of drug-likeness (QED) is 0.425. The molecule has 1 aliphatic rings. The molecular formula is C25H24N2O3S. The van der Waals surface area contributed by atoms with Crippen LogP contribution in [0.15, 0.2) is 66.4 Å². The summed E-state index contributed by atoms with van der Waals surface area (Å²) in [6, 6.07) is 20.0. The van der Waals surface area contributed by atoms with Crippen molar-refractivity contribution >= 4 is 40.1 Å². The Morgan fingerprint density at radius 2 is 1.87 bits per heavy atom. The maximum absolute atomic E-state index is 12.5. The van der Waals surface area contributed by atoms with E-state index < -0.39 is 0 Å². The van der Waals surface area contributed by atoms with Crippen molar-refractivity contribution in [3.05, 3.63) is 77.5 Å². The number of carbonyl (C=O) groups excluding carboxylic acids is 1. The Morgan fingerprint density at radius 3 is 2.68 bits per heavy atom. The van der Waals surface area contributed by atoms with E-state index in [9.17, 15) is 4.79 Å². The summed E-state index contributed by atoms with van der Waals surface area (Å²) in [7, 11) is 1.61. The minimum absolute atomic E-state index is 0.109. The lowest BCUT2D eigenvalue weighted by molar-refractivity contribution is -0.122. The van der Waals surface area contributed by atoms with Gasteiger partial charge in [0.2, 0.25) is 0 Å². The number of carbonyl (C=O) groups is 1. The molecule has 6 heteroatoms. The molecule has 0 spiro atoms. The highest BCUT2D eigenvalue weighted by Crippen LogP contribution is 2.31. The topological polar surface area (TPSA) is 50.8 Å². The molecule has 5 nitrogen and oxygen atoms in total. The van der Waals surface area contributed by atoms with Crippen LogP contribution in [0.25, 0.3) is 16.8 Å². The van der Waals surface area contributed by atoms with Crippen LogP contribution in [0.5, 0.6) is 11.5 Å². The van der Waals surface area contributed by atoms with Crippen LogP contribution < -0.4 is 14.8 Å². The predicted octanol–water partition coefficient (Wildman–Crippen LogP) is 4.90. The molecule has 1 N–H and O–H groups in total. The average Bonchev–Trinajstić information content (AvgIpc) is 3.05. The van der Waals surface area contributed by atoms with E-state index in [1.54, 1.807) is 18.1 Å². The van der Waals surface area contributed by atoms with Crippen molar-refractivity contribution in [2.75, 3.05) is 13.7 Å². The molecule has 158 valence electrons. The van der Waals surface area contributed by atoms with Crippen molar-refractivity contribution in [3.63, 3.8) is 0 Å². The van der Waals surface area contributed by atoms with Crippen LogP contribution >= 0.6 is 12.2 Å². The zero-order valence-corrected chi connectivity index (χ0v) is 18.4. The molecule has 3 aromatic carbocycles. The van der Waals surface area contributed by atoms with Crippen LogP contribution in [0.4, 0.5) is 0 Å². The third kappa shape index (κ3) is 4.39. The Labute approximate surface area is 187 Å². The van der Waals surface area contributed by atoms with Crippen LogP contribution in [0, 0.1) is 0 Å². The van der Waals surface area contributed by atoms with Gasteiger partial charge in [-0.1, -0.05) is 55.5 Å². The Bertz CT molecular complexity index is 1170. The highest BCUT2D eigenvalue weighted by atomic mass is 32.1. The predicted molar refractivity (Wildman–Crippen MR) is 127 cm³/mol. The fourth-order valence-electron chi connectivity index (χ4n) is 3.63. The minimum atomic E-state index is -0.109. The standard InChI is InChI=1S/C25H24N2O3S/c1-3-13-27-24(28)21(26-25(27)31)14-17-11-12-22(23(15-17)29-2)30-16-19-9-6-8-18-7-4-5-10-20(18)19/h4-12,14-15H,3,13,16H2,1-2H3,(H,26,31). The molecule has 0 atom stereocenters. The van der Waals surface area contributed by atoms with E-state index in [-0.39, 0.29) is 5.91 Å². The number of thiocarbonyl (C=S) groups is 1. The fourth-order valence-corrected chi connectivity index (χ4v) is 3.92. The number of rotatable bonds is 7. The molecule has 3 aromatic rings. The van der Waals surface area contributed by atoms with Gasteiger partial charge in [-0.2, -0.15) is 0 Å². The van der Waals surface area contributed by atoms with Gasteiger partial charge in [-0.3, -0.25) is 9.69 Å². The van der Waals surface area contributed by atoms with Gasteiger partial charge in [0.25, 0.3) is 5.91 Å². The lowest BCUT2D eigenvalue weighted by Crippen LogP contribution is -2.31. The van der Waals surface area contributed by atoms with E-state index in [0.717, 1.165) is 17.5 Å². The van der Waals surface area contributed by atoms with Gasteiger partial charge in [0.05, 0.1) is 7.11 Å². The molecule has 1 heterocycles. The minimum Gasteiger partial charge on any atom is -0.493 e. The lowest BCUT2D eigenvalue weighted by Gasteiger charge is -2.13. The number of fused-ring (bicyclic) bond motifs is 1. The number of hydrogen-bond acceptors (Lipinski definition) is 4. The molecule has 31 heavy (non-hydrogen) atoms. The SMILES string of the molecule is CCCN1C(=O)C(=Cc2ccc(OCc3cccc4ccccc34)c(OC)c2)NC1=S. The molecule has 0 saturated carbocycles. The summed E-state index contributed by atoms with van der Waals surface area (Å²) in [5.74, 6) is 1.14. The second-order valence-electron chi connectivity index (χ2n) is 7.28. The van der Waals surface area contributed by atoms with Crippen molar-refractivity contribution in [1.29, 1.82) is 0 Å². The maximum Gasteiger partial charge on any atom is 0.276 e. The Balaban J connectivity index is 1.53. The first kappa shape index (κ1) is 20.9. The first-order valence-electron chi connectivity index (χ1n) is 10.2. The van der Waals surface area contributed by atoms with E-state index >= 15 is 0 Å². The molecule has 0 aliphatic carbocycles. The number of methoxy groups -OCH3 is 1. The molecule has 1 aliphatic heterocycles. The maximum atomic E-state index is 12.5. The molecule has 0 aromatic heterocycles. The van der Waals surface area contributed by atoms with E-state index in [2.05, 4.69) is 29.6 Å². The number of hydrogen-bond donors (Lipinski definition) is 1. The Morgan fingerprint density at radius 1 is 1.06 bits per heavy atom. The van der Waals surface area contributed by atoms with Gasteiger partial charge >= 0.3 is 0 Å². The summed E-state index contributed by atoms with van der Waals surface area (Å²) in [4.78, 5) is 14.1. The molecular weight excluding hydrogens is 408 g/mol. The fraction of sp³-hybridized carbons (Fsp3) is 0.200.